The fraction of sp³-hybridized carbons (Fsp3) is 0.240. The second kappa shape index (κ2) is 9.85. The molecule has 1 amide bonds. The second-order valence-electron chi connectivity index (χ2n) is 7.75. The molecule has 1 unspecified atom stereocenters. The predicted octanol–water partition coefficient (Wildman–Crippen LogP) is 3.24. The van der Waals surface area contributed by atoms with Crippen LogP contribution in [-0.4, -0.2) is 58.5 Å². The first-order valence-corrected chi connectivity index (χ1v) is 12.5. The molecule has 0 radical (unpaired) electrons. The summed E-state index contributed by atoms with van der Waals surface area (Å²) in [6.45, 7) is 4.57. The molecule has 3 aromatic heterocycles. The number of hydrogen-bond donors (Lipinski definition) is 1. The summed E-state index contributed by atoms with van der Waals surface area (Å²) in [5.41, 5.74) is 0.696. The van der Waals surface area contributed by atoms with Crippen molar-refractivity contribution in [2.45, 2.75) is 24.8 Å². The Bertz CT molecular complexity index is 1460. The predicted molar refractivity (Wildman–Crippen MR) is 131 cm³/mol. The number of amides is 1. The standard InChI is InChI=1S/C25H26N4O5S/c1-4-28(5-2)25(31)22-19(11-14-27-24(22)34-3)23(30)21-15-17-16-26-13-12-20(17)29(21)35(32,33)18-9-7-6-8-10-18/h6-16,23,30H,4-5H2,1-3H3. The molecule has 9 nitrogen and oxygen atoms in total. The van der Waals surface area contributed by atoms with Gasteiger partial charge in [-0.05, 0) is 44.2 Å². The van der Waals surface area contributed by atoms with Crippen LogP contribution in [0.25, 0.3) is 10.9 Å². The van der Waals surface area contributed by atoms with Gasteiger partial charge in [-0.15, -0.1) is 0 Å². The van der Waals surface area contributed by atoms with Crippen LogP contribution in [-0.2, 0) is 10.0 Å². The number of benzene rings is 1. The Morgan fingerprint density at radius 1 is 1.11 bits per heavy atom. The van der Waals surface area contributed by atoms with E-state index in [9.17, 15) is 18.3 Å². The summed E-state index contributed by atoms with van der Waals surface area (Å²) >= 11 is 0. The van der Waals surface area contributed by atoms with Gasteiger partial charge in [0.1, 0.15) is 11.7 Å². The smallest absolute Gasteiger partial charge is 0.268 e. The van der Waals surface area contributed by atoms with E-state index in [0.717, 1.165) is 3.97 Å². The van der Waals surface area contributed by atoms with Crippen LogP contribution < -0.4 is 4.74 Å². The van der Waals surface area contributed by atoms with Gasteiger partial charge in [0, 0.05) is 42.6 Å². The number of carbonyl (C=O) groups is 1. The van der Waals surface area contributed by atoms with E-state index in [2.05, 4.69) is 9.97 Å². The van der Waals surface area contributed by atoms with Gasteiger partial charge in [0.15, 0.2) is 0 Å². The lowest BCUT2D eigenvalue weighted by Crippen LogP contribution is -2.32. The fourth-order valence-electron chi connectivity index (χ4n) is 4.09. The lowest BCUT2D eigenvalue weighted by molar-refractivity contribution is 0.0763. The highest BCUT2D eigenvalue weighted by molar-refractivity contribution is 7.90. The molecule has 1 aromatic carbocycles. The van der Waals surface area contributed by atoms with E-state index in [1.165, 1.54) is 43.9 Å². The zero-order chi connectivity index (χ0) is 25.2. The lowest BCUT2D eigenvalue weighted by atomic mass is 10.0. The minimum atomic E-state index is -4.09. The average Bonchev–Trinajstić information content (AvgIpc) is 3.29. The van der Waals surface area contributed by atoms with Crippen LogP contribution in [0.1, 0.15) is 41.6 Å². The van der Waals surface area contributed by atoms with Gasteiger partial charge < -0.3 is 14.7 Å². The van der Waals surface area contributed by atoms with Crippen molar-refractivity contribution in [1.29, 1.82) is 0 Å². The zero-order valence-corrected chi connectivity index (χ0v) is 20.4. The monoisotopic (exact) mass is 494 g/mol. The number of pyridine rings is 2. The van der Waals surface area contributed by atoms with Crippen LogP contribution in [0, 0.1) is 0 Å². The second-order valence-corrected chi connectivity index (χ2v) is 9.54. The third-order valence-corrected chi connectivity index (χ3v) is 7.60. The Hall–Kier alpha value is -3.76. The Balaban J connectivity index is 1.98. The summed E-state index contributed by atoms with van der Waals surface area (Å²) in [4.78, 5) is 23.3. The zero-order valence-electron chi connectivity index (χ0n) is 19.6. The van der Waals surface area contributed by atoms with Gasteiger partial charge >= 0.3 is 0 Å². The van der Waals surface area contributed by atoms with Crippen molar-refractivity contribution in [2.75, 3.05) is 20.2 Å². The SMILES string of the molecule is CCN(CC)C(=O)c1c(C(O)c2cc3cnccc3n2S(=O)(=O)c2ccccc2)ccnc1OC. The van der Waals surface area contributed by atoms with Crippen LogP contribution in [0.2, 0.25) is 0 Å². The van der Waals surface area contributed by atoms with Crippen molar-refractivity contribution in [2.24, 2.45) is 0 Å². The van der Waals surface area contributed by atoms with Crippen LogP contribution >= 0.6 is 0 Å². The molecule has 10 heteroatoms. The summed E-state index contributed by atoms with van der Waals surface area (Å²) < 4.78 is 33.9. The van der Waals surface area contributed by atoms with Crippen LogP contribution in [0.4, 0.5) is 0 Å². The Morgan fingerprint density at radius 3 is 2.49 bits per heavy atom. The van der Waals surface area contributed by atoms with Gasteiger partial charge in [-0.2, -0.15) is 0 Å². The van der Waals surface area contributed by atoms with Crippen molar-refractivity contribution < 1.29 is 23.1 Å². The number of aliphatic hydroxyl groups excluding tert-OH is 1. The molecule has 0 bridgehead atoms. The van der Waals surface area contributed by atoms with Crippen molar-refractivity contribution in [3.8, 4) is 5.88 Å². The average molecular weight is 495 g/mol. The Morgan fingerprint density at radius 2 is 1.83 bits per heavy atom. The van der Waals surface area contributed by atoms with Crippen molar-refractivity contribution in [3.63, 3.8) is 0 Å². The van der Waals surface area contributed by atoms with Crippen LogP contribution in [0.15, 0.2) is 72.0 Å². The van der Waals surface area contributed by atoms with Crippen molar-refractivity contribution >= 4 is 26.8 Å². The number of rotatable bonds is 8. The molecule has 182 valence electrons. The molecule has 0 saturated heterocycles. The molecule has 4 aromatic rings. The van der Waals surface area contributed by atoms with E-state index < -0.39 is 16.1 Å². The summed E-state index contributed by atoms with van der Waals surface area (Å²) in [6.07, 6.45) is 2.95. The number of hydrogen-bond acceptors (Lipinski definition) is 7. The molecule has 0 saturated carbocycles. The first-order valence-electron chi connectivity index (χ1n) is 11.1. The van der Waals surface area contributed by atoms with Crippen molar-refractivity contribution in [3.05, 3.63) is 83.9 Å². The number of aromatic nitrogens is 3. The van der Waals surface area contributed by atoms with Crippen LogP contribution in [0.3, 0.4) is 0 Å². The molecule has 0 aliphatic heterocycles. The largest absolute Gasteiger partial charge is 0.480 e. The highest BCUT2D eigenvalue weighted by Crippen LogP contribution is 2.35. The maximum Gasteiger partial charge on any atom is 0.268 e. The molecule has 1 atom stereocenters. The molecular weight excluding hydrogens is 468 g/mol. The van der Waals surface area contributed by atoms with Crippen molar-refractivity contribution in [1.82, 2.24) is 18.8 Å². The van der Waals surface area contributed by atoms with E-state index in [0.29, 0.717) is 24.0 Å². The summed E-state index contributed by atoms with van der Waals surface area (Å²) in [5, 5.41) is 12.1. The van der Waals surface area contributed by atoms with Crippen LogP contribution in [0.5, 0.6) is 5.88 Å². The van der Waals surface area contributed by atoms with E-state index in [1.54, 1.807) is 35.2 Å². The number of aliphatic hydroxyl groups is 1. The van der Waals surface area contributed by atoms with E-state index in [4.69, 9.17) is 4.74 Å². The maximum absolute atomic E-state index is 13.7. The highest BCUT2D eigenvalue weighted by atomic mass is 32.2. The Labute approximate surface area is 203 Å². The van der Waals surface area contributed by atoms with Gasteiger partial charge in [0.25, 0.3) is 15.9 Å². The van der Waals surface area contributed by atoms with Gasteiger partial charge in [-0.1, -0.05) is 18.2 Å². The molecule has 1 N–H and O–H groups in total. The first-order chi connectivity index (χ1) is 16.8. The molecule has 35 heavy (non-hydrogen) atoms. The number of carbonyl (C=O) groups excluding carboxylic acids is 1. The third kappa shape index (κ3) is 4.26. The molecule has 0 aliphatic rings. The third-order valence-electron chi connectivity index (χ3n) is 5.85. The highest BCUT2D eigenvalue weighted by Gasteiger charge is 2.31. The quantitative estimate of drug-likeness (QED) is 0.400. The maximum atomic E-state index is 13.7. The molecule has 0 aliphatic carbocycles. The van der Waals surface area contributed by atoms with E-state index >= 15 is 0 Å². The number of ether oxygens (including phenoxy) is 1. The Kier molecular flexibility index (Phi) is 6.86. The molecular formula is C25H26N4O5S. The number of methoxy groups -OCH3 is 1. The van der Waals surface area contributed by atoms with Gasteiger partial charge in [0.2, 0.25) is 5.88 Å². The molecule has 4 rings (SSSR count). The summed E-state index contributed by atoms with van der Waals surface area (Å²) in [7, 11) is -2.70. The first kappa shape index (κ1) is 24.4. The summed E-state index contributed by atoms with van der Waals surface area (Å²) in [6, 6.07) is 12.6. The minimum Gasteiger partial charge on any atom is -0.480 e. The number of nitrogens with zero attached hydrogens (tertiary/aromatic N) is 4. The molecule has 0 fully saturated rings. The van der Waals surface area contributed by atoms with Gasteiger partial charge in [0.05, 0.1) is 23.2 Å². The normalized spacial score (nSPS) is 12.5. The van der Waals surface area contributed by atoms with Gasteiger partial charge in [-0.3, -0.25) is 9.78 Å². The molecule has 3 heterocycles. The minimum absolute atomic E-state index is 0.0497. The topological polar surface area (TPSA) is 115 Å². The fourth-order valence-corrected chi connectivity index (χ4v) is 5.66. The van der Waals surface area contributed by atoms with Gasteiger partial charge in [-0.25, -0.2) is 17.4 Å². The summed E-state index contributed by atoms with van der Waals surface area (Å²) in [5.74, 6) is -0.321. The van der Waals surface area contributed by atoms with E-state index in [1.807, 2.05) is 13.8 Å². The molecule has 0 spiro atoms. The van der Waals surface area contributed by atoms with E-state index in [-0.39, 0.29) is 33.5 Å². The lowest BCUT2D eigenvalue weighted by Gasteiger charge is -2.23. The number of fused-ring (bicyclic) bond motifs is 1.